The van der Waals surface area contributed by atoms with Crippen molar-refractivity contribution in [3.8, 4) is 5.69 Å². The van der Waals surface area contributed by atoms with E-state index in [2.05, 4.69) is 15.5 Å². The number of hydrogen-bond donors (Lipinski definition) is 1. The van der Waals surface area contributed by atoms with Crippen molar-refractivity contribution in [3.05, 3.63) is 41.5 Å². The van der Waals surface area contributed by atoms with Gasteiger partial charge >= 0.3 is 0 Å². The first kappa shape index (κ1) is 12.3. The van der Waals surface area contributed by atoms with Crippen LogP contribution < -0.4 is 5.32 Å². The Bertz CT molecular complexity index is 574. The van der Waals surface area contributed by atoms with Gasteiger partial charge in [0.25, 0.3) is 5.91 Å². The van der Waals surface area contributed by atoms with Crippen LogP contribution in [0.4, 0.5) is 0 Å². The maximum absolute atomic E-state index is 11.9. The topological polar surface area (TPSA) is 59.8 Å². The number of amides is 1. The molecule has 1 heterocycles. The summed E-state index contributed by atoms with van der Waals surface area (Å²) in [5.74, 6) is 1.52. The lowest BCUT2D eigenvalue weighted by Gasteiger charge is -2.12. The molecule has 1 N–H and O–H groups in total. The van der Waals surface area contributed by atoms with Crippen molar-refractivity contribution in [2.45, 2.75) is 20.3 Å². The van der Waals surface area contributed by atoms with Gasteiger partial charge in [-0.05, 0) is 19.1 Å². The average Bonchev–Trinajstić information content (AvgIpc) is 2.78. The van der Waals surface area contributed by atoms with Crippen LogP contribution >= 0.6 is 0 Å². The molecule has 0 spiro atoms. The standard InChI is InChI=1S/C13H16N4O/c1-4-12-16-15-9(2)17(12)11-8-6-5-7-10(11)13(18)14-3/h5-8H,4H2,1-3H3,(H,14,18). The molecule has 0 aliphatic carbocycles. The number of carbonyl (C=O) groups excluding carboxylic acids is 1. The molecule has 18 heavy (non-hydrogen) atoms. The second-order valence-corrected chi connectivity index (χ2v) is 3.95. The fraction of sp³-hybridized carbons (Fsp3) is 0.308. The zero-order valence-electron chi connectivity index (χ0n) is 10.8. The van der Waals surface area contributed by atoms with Crippen LogP contribution in [0.2, 0.25) is 0 Å². The Balaban J connectivity index is 2.63. The van der Waals surface area contributed by atoms with Crippen LogP contribution in [-0.4, -0.2) is 27.7 Å². The van der Waals surface area contributed by atoms with E-state index in [1.165, 1.54) is 0 Å². The monoisotopic (exact) mass is 244 g/mol. The summed E-state index contributed by atoms with van der Waals surface area (Å²) in [5, 5.41) is 10.8. The highest BCUT2D eigenvalue weighted by molar-refractivity contribution is 5.97. The minimum atomic E-state index is -0.110. The highest BCUT2D eigenvalue weighted by atomic mass is 16.1. The molecule has 1 aromatic heterocycles. The Morgan fingerprint density at radius 3 is 2.72 bits per heavy atom. The van der Waals surface area contributed by atoms with Gasteiger partial charge in [0, 0.05) is 13.5 Å². The number of aryl methyl sites for hydroxylation is 2. The van der Waals surface area contributed by atoms with Gasteiger partial charge in [0.15, 0.2) is 0 Å². The third kappa shape index (κ3) is 1.99. The van der Waals surface area contributed by atoms with Gasteiger partial charge in [0.1, 0.15) is 11.6 Å². The predicted octanol–water partition coefficient (Wildman–Crippen LogP) is 1.50. The highest BCUT2D eigenvalue weighted by Crippen LogP contribution is 2.18. The van der Waals surface area contributed by atoms with Crippen molar-refractivity contribution in [3.63, 3.8) is 0 Å². The number of nitrogens with zero attached hydrogens (tertiary/aromatic N) is 3. The summed E-state index contributed by atoms with van der Waals surface area (Å²) in [5.41, 5.74) is 1.44. The summed E-state index contributed by atoms with van der Waals surface area (Å²) in [6.45, 7) is 3.90. The van der Waals surface area contributed by atoms with Crippen LogP contribution in [0.3, 0.4) is 0 Å². The maximum Gasteiger partial charge on any atom is 0.253 e. The molecule has 94 valence electrons. The summed E-state index contributed by atoms with van der Waals surface area (Å²) < 4.78 is 1.92. The minimum absolute atomic E-state index is 0.110. The van der Waals surface area contributed by atoms with Crippen LogP contribution in [0.25, 0.3) is 5.69 Å². The van der Waals surface area contributed by atoms with E-state index < -0.39 is 0 Å². The van der Waals surface area contributed by atoms with E-state index in [1.54, 1.807) is 13.1 Å². The normalized spacial score (nSPS) is 10.4. The zero-order valence-corrected chi connectivity index (χ0v) is 10.8. The smallest absolute Gasteiger partial charge is 0.253 e. The van der Waals surface area contributed by atoms with E-state index in [9.17, 15) is 4.79 Å². The Hall–Kier alpha value is -2.17. The molecule has 0 saturated heterocycles. The number of benzene rings is 1. The van der Waals surface area contributed by atoms with Gasteiger partial charge in [0.05, 0.1) is 11.3 Å². The first-order chi connectivity index (χ1) is 8.69. The maximum atomic E-state index is 11.9. The van der Waals surface area contributed by atoms with Gasteiger partial charge in [0.2, 0.25) is 0 Å². The molecule has 0 atom stereocenters. The average molecular weight is 244 g/mol. The first-order valence-corrected chi connectivity index (χ1v) is 5.91. The van der Waals surface area contributed by atoms with Crippen LogP contribution in [-0.2, 0) is 6.42 Å². The summed E-state index contributed by atoms with van der Waals surface area (Å²) in [4.78, 5) is 11.9. The first-order valence-electron chi connectivity index (χ1n) is 5.91. The van der Waals surface area contributed by atoms with Crippen LogP contribution in [0.15, 0.2) is 24.3 Å². The number of nitrogens with one attached hydrogen (secondary N) is 1. The molecule has 5 nitrogen and oxygen atoms in total. The molecule has 1 aromatic carbocycles. The van der Waals surface area contributed by atoms with Crippen molar-refractivity contribution < 1.29 is 4.79 Å². The van der Waals surface area contributed by atoms with E-state index >= 15 is 0 Å². The lowest BCUT2D eigenvalue weighted by Crippen LogP contribution is -2.20. The lowest BCUT2D eigenvalue weighted by molar-refractivity contribution is 0.0963. The number of carbonyl (C=O) groups is 1. The van der Waals surface area contributed by atoms with Gasteiger partial charge in [-0.15, -0.1) is 10.2 Å². The van der Waals surface area contributed by atoms with Crippen LogP contribution in [0, 0.1) is 6.92 Å². The van der Waals surface area contributed by atoms with E-state index in [0.29, 0.717) is 5.56 Å². The Labute approximate surface area is 106 Å². The lowest BCUT2D eigenvalue weighted by atomic mass is 10.1. The summed E-state index contributed by atoms with van der Waals surface area (Å²) >= 11 is 0. The fourth-order valence-electron chi connectivity index (χ4n) is 1.94. The Kier molecular flexibility index (Phi) is 3.41. The van der Waals surface area contributed by atoms with Crippen molar-refractivity contribution in [2.75, 3.05) is 7.05 Å². The second-order valence-electron chi connectivity index (χ2n) is 3.95. The zero-order chi connectivity index (χ0) is 13.1. The van der Waals surface area contributed by atoms with E-state index in [-0.39, 0.29) is 5.91 Å². The minimum Gasteiger partial charge on any atom is -0.355 e. The molecule has 0 aliphatic rings. The summed E-state index contributed by atoms with van der Waals surface area (Å²) in [7, 11) is 1.62. The van der Waals surface area contributed by atoms with Crippen molar-refractivity contribution in [2.24, 2.45) is 0 Å². The van der Waals surface area contributed by atoms with Crippen molar-refractivity contribution in [1.82, 2.24) is 20.1 Å². The number of rotatable bonds is 3. The molecule has 0 radical (unpaired) electrons. The SMILES string of the molecule is CCc1nnc(C)n1-c1ccccc1C(=O)NC. The second kappa shape index (κ2) is 5.00. The number of aromatic nitrogens is 3. The molecule has 2 aromatic rings. The molecule has 0 saturated carbocycles. The molecular formula is C13H16N4O. The van der Waals surface area contributed by atoms with Gasteiger partial charge in [-0.2, -0.15) is 0 Å². The Morgan fingerprint density at radius 1 is 1.33 bits per heavy atom. The van der Waals surface area contributed by atoms with Crippen molar-refractivity contribution in [1.29, 1.82) is 0 Å². The van der Waals surface area contributed by atoms with Crippen LogP contribution in [0.1, 0.15) is 28.9 Å². The third-order valence-electron chi connectivity index (χ3n) is 2.82. The Morgan fingerprint density at radius 2 is 2.06 bits per heavy atom. The molecule has 0 aliphatic heterocycles. The van der Waals surface area contributed by atoms with Gasteiger partial charge < -0.3 is 5.32 Å². The predicted molar refractivity (Wildman–Crippen MR) is 68.9 cm³/mol. The third-order valence-corrected chi connectivity index (χ3v) is 2.82. The molecule has 5 heteroatoms. The van der Waals surface area contributed by atoms with Gasteiger partial charge in [-0.1, -0.05) is 19.1 Å². The quantitative estimate of drug-likeness (QED) is 0.890. The van der Waals surface area contributed by atoms with E-state index in [4.69, 9.17) is 0 Å². The molecule has 2 rings (SSSR count). The number of hydrogen-bond acceptors (Lipinski definition) is 3. The largest absolute Gasteiger partial charge is 0.355 e. The van der Waals surface area contributed by atoms with Gasteiger partial charge in [-0.25, -0.2) is 0 Å². The van der Waals surface area contributed by atoms with E-state index in [1.807, 2.05) is 36.6 Å². The fourth-order valence-corrected chi connectivity index (χ4v) is 1.94. The van der Waals surface area contributed by atoms with Crippen LogP contribution in [0.5, 0.6) is 0 Å². The van der Waals surface area contributed by atoms with Crippen molar-refractivity contribution >= 4 is 5.91 Å². The number of para-hydroxylation sites is 1. The molecular weight excluding hydrogens is 228 g/mol. The molecule has 0 bridgehead atoms. The summed E-state index contributed by atoms with van der Waals surface area (Å²) in [6, 6.07) is 7.45. The van der Waals surface area contributed by atoms with E-state index in [0.717, 1.165) is 23.8 Å². The van der Waals surface area contributed by atoms with Gasteiger partial charge in [-0.3, -0.25) is 9.36 Å². The molecule has 1 amide bonds. The highest BCUT2D eigenvalue weighted by Gasteiger charge is 2.15. The summed E-state index contributed by atoms with van der Waals surface area (Å²) in [6.07, 6.45) is 0.767. The molecule has 0 unspecified atom stereocenters. The molecule has 0 fully saturated rings.